The largest absolute Gasteiger partial charge is 0.274 e. The van der Waals surface area contributed by atoms with Crippen LogP contribution in [0.5, 0.6) is 0 Å². The fourth-order valence-corrected chi connectivity index (χ4v) is 1.59. The summed E-state index contributed by atoms with van der Waals surface area (Å²) in [4.78, 5) is 10.5. The van der Waals surface area contributed by atoms with E-state index >= 15 is 0 Å². The summed E-state index contributed by atoms with van der Waals surface area (Å²) >= 11 is 2.66. The van der Waals surface area contributed by atoms with Gasteiger partial charge in [0.05, 0.1) is 0 Å². The molecule has 0 spiro atoms. The van der Waals surface area contributed by atoms with Crippen molar-refractivity contribution in [2.75, 3.05) is 6.26 Å². The van der Waals surface area contributed by atoms with Gasteiger partial charge in [-0.3, -0.25) is 4.79 Å². The Hall–Kier alpha value is 0.370. The first-order chi connectivity index (χ1) is 3.66. The van der Waals surface area contributed by atoms with Crippen molar-refractivity contribution in [3.05, 3.63) is 0 Å². The van der Waals surface area contributed by atoms with E-state index in [0.29, 0.717) is 5.25 Å². The summed E-state index contributed by atoms with van der Waals surface area (Å²) in [7, 11) is 0. The molecule has 0 amide bonds. The second kappa shape index (κ2) is 4.27. The monoisotopic (exact) mass is 150 g/mol. The van der Waals surface area contributed by atoms with Crippen LogP contribution in [0.2, 0.25) is 0 Å². The standard InChI is InChI=1S/C5H10OS2/c1-4(2)8-5(6)7-3/h4H,1-3H3. The highest BCUT2D eigenvalue weighted by atomic mass is 32.2. The van der Waals surface area contributed by atoms with Crippen molar-refractivity contribution in [3.63, 3.8) is 0 Å². The Kier molecular flexibility index (Phi) is 4.47. The summed E-state index contributed by atoms with van der Waals surface area (Å²) < 4.78 is 0.208. The van der Waals surface area contributed by atoms with Crippen molar-refractivity contribution < 1.29 is 4.79 Å². The van der Waals surface area contributed by atoms with Gasteiger partial charge in [-0.05, 0) is 6.26 Å². The van der Waals surface area contributed by atoms with Gasteiger partial charge in [-0.25, -0.2) is 0 Å². The van der Waals surface area contributed by atoms with Gasteiger partial charge in [0.2, 0.25) is 4.45 Å². The van der Waals surface area contributed by atoms with Gasteiger partial charge < -0.3 is 0 Å². The van der Waals surface area contributed by atoms with Crippen LogP contribution in [0.25, 0.3) is 0 Å². The summed E-state index contributed by atoms with van der Waals surface area (Å²) in [6.45, 7) is 4.03. The summed E-state index contributed by atoms with van der Waals surface area (Å²) in [5.41, 5.74) is 0. The van der Waals surface area contributed by atoms with Crippen molar-refractivity contribution in [3.8, 4) is 0 Å². The van der Waals surface area contributed by atoms with Crippen LogP contribution in [0.15, 0.2) is 0 Å². The van der Waals surface area contributed by atoms with Gasteiger partial charge in [-0.15, -0.1) is 0 Å². The van der Waals surface area contributed by atoms with E-state index in [1.165, 1.54) is 23.5 Å². The van der Waals surface area contributed by atoms with Crippen molar-refractivity contribution >= 4 is 28.0 Å². The molecule has 0 rings (SSSR count). The molecular formula is C5H10OS2. The molecule has 0 saturated heterocycles. The van der Waals surface area contributed by atoms with Crippen molar-refractivity contribution in [1.82, 2.24) is 0 Å². The van der Waals surface area contributed by atoms with Gasteiger partial charge in [-0.1, -0.05) is 37.4 Å². The van der Waals surface area contributed by atoms with Crippen LogP contribution >= 0.6 is 23.5 Å². The number of hydrogen-bond acceptors (Lipinski definition) is 3. The highest BCUT2D eigenvalue weighted by molar-refractivity contribution is 8.38. The first-order valence-corrected chi connectivity index (χ1v) is 4.52. The Morgan fingerprint density at radius 2 is 2.00 bits per heavy atom. The fourth-order valence-electron chi connectivity index (χ4n) is 0.241. The Labute approximate surface area is 58.6 Å². The number of rotatable bonds is 1. The van der Waals surface area contributed by atoms with Gasteiger partial charge in [0.15, 0.2) is 0 Å². The average molecular weight is 150 g/mol. The van der Waals surface area contributed by atoms with Crippen molar-refractivity contribution in [1.29, 1.82) is 0 Å². The molecule has 0 bridgehead atoms. The third kappa shape index (κ3) is 4.53. The minimum atomic E-state index is 0.208. The molecule has 0 aromatic carbocycles. The maximum absolute atomic E-state index is 10.5. The third-order valence-electron chi connectivity index (χ3n) is 0.499. The van der Waals surface area contributed by atoms with E-state index in [-0.39, 0.29) is 4.45 Å². The quantitative estimate of drug-likeness (QED) is 0.572. The molecule has 0 atom stereocenters. The molecule has 0 fully saturated rings. The number of thioether (sulfide) groups is 2. The van der Waals surface area contributed by atoms with E-state index in [2.05, 4.69) is 0 Å². The zero-order chi connectivity index (χ0) is 6.57. The first kappa shape index (κ1) is 8.37. The molecule has 8 heavy (non-hydrogen) atoms. The molecule has 0 saturated carbocycles. The molecule has 0 radical (unpaired) electrons. The predicted octanol–water partition coefficient (Wildman–Crippen LogP) is 2.61. The zero-order valence-corrected chi connectivity index (χ0v) is 6.94. The Morgan fingerprint density at radius 3 is 2.12 bits per heavy atom. The highest BCUT2D eigenvalue weighted by Gasteiger charge is 2.01. The molecule has 3 heteroatoms. The van der Waals surface area contributed by atoms with E-state index in [1.807, 2.05) is 13.8 Å². The smallest absolute Gasteiger partial charge is 0.246 e. The molecule has 1 nitrogen and oxygen atoms in total. The summed E-state index contributed by atoms with van der Waals surface area (Å²) in [6, 6.07) is 0. The van der Waals surface area contributed by atoms with Gasteiger partial charge in [-0.2, -0.15) is 0 Å². The van der Waals surface area contributed by atoms with E-state index in [4.69, 9.17) is 0 Å². The molecule has 0 aromatic rings. The van der Waals surface area contributed by atoms with E-state index in [9.17, 15) is 4.79 Å². The number of carbonyl (C=O) groups excluding carboxylic acids is 1. The maximum Gasteiger partial charge on any atom is 0.246 e. The maximum atomic E-state index is 10.5. The number of hydrogen-bond donors (Lipinski definition) is 0. The molecule has 0 unspecified atom stereocenters. The lowest BCUT2D eigenvalue weighted by atomic mass is 10.6. The van der Waals surface area contributed by atoms with E-state index < -0.39 is 0 Å². The fraction of sp³-hybridized carbons (Fsp3) is 0.800. The van der Waals surface area contributed by atoms with Crippen molar-refractivity contribution in [2.24, 2.45) is 0 Å². The lowest BCUT2D eigenvalue weighted by molar-refractivity contribution is 0.276. The third-order valence-corrected chi connectivity index (χ3v) is 2.28. The first-order valence-electron chi connectivity index (χ1n) is 2.41. The normalized spacial score (nSPS) is 10.0. The molecular weight excluding hydrogens is 140 g/mol. The minimum absolute atomic E-state index is 0.208. The van der Waals surface area contributed by atoms with Gasteiger partial charge >= 0.3 is 0 Å². The van der Waals surface area contributed by atoms with E-state index in [1.54, 1.807) is 6.26 Å². The second-order valence-corrected chi connectivity index (χ2v) is 4.21. The SMILES string of the molecule is CSC(=O)SC(C)C. The molecule has 0 heterocycles. The van der Waals surface area contributed by atoms with E-state index in [0.717, 1.165) is 0 Å². The van der Waals surface area contributed by atoms with Crippen LogP contribution in [0, 0.1) is 0 Å². The van der Waals surface area contributed by atoms with Gasteiger partial charge in [0.1, 0.15) is 0 Å². The van der Waals surface area contributed by atoms with Gasteiger partial charge in [0, 0.05) is 5.25 Å². The van der Waals surface area contributed by atoms with Crippen LogP contribution in [0.4, 0.5) is 4.79 Å². The van der Waals surface area contributed by atoms with Crippen LogP contribution in [-0.2, 0) is 0 Å². The average Bonchev–Trinajstić information content (AvgIpc) is 1.65. The van der Waals surface area contributed by atoms with Crippen LogP contribution in [0.1, 0.15) is 13.8 Å². The van der Waals surface area contributed by atoms with Crippen LogP contribution in [0.3, 0.4) is 0 Å². The predicted molar refractivity (Wildman–Crippen MR) is 41.6 cm³/mol. The second-order valence-electron chi connectivity index (χ2n) is 1.62. The lowest BCUT2D eigenvalue weighted by Crippen LogP contribution is -1.89. The Bertz CT molecular complexity index is 80.5. The Balaban J connectivity index is 3.25. The molecule has 48 valence electrons. The summed E-state index contributed by atoms with van der Waals surface area (Å²) in [5.74, 6) is 0. The molecule has 0 N–H and O–H groups in total. The van der Waals surface area contributed by atoms with Crippen molar-refractivity contribution in [2.45, 2.75) is 19.1 Å². The minimum Gasteiger partial charge on any atom is -0.274 e. The molecule has 0 aliphatic carbocycles. The molecule has 0 aromatic heterocycles. The zero-order valence-electron chi connectivity index (χ0n) is 5.30. The number of carbonyl (C=O) groups is 1. The summed E-state index contributed by atoms with van der Waals surface area (Å²) in [5, 5.41) is 0.426. The lowest BCUT2D eigenvalue weighted by Gasteiger charge is -1.97. The van der Waals surface area contributed by atoms with Crippen LogP contribution < -0.4 is 0 Å². The Morgan fingerprint density at radius 1 is 1.50 bits per heavy atom. The topological polar surface area (TPSA) is 17.1 Å². The molecule has 0 aliphatic rings. The summed E-state index contributed by atoms with van der Waals surface area (Å²) in [6.07, 6.45) is 1.80. The highest BCUT2D eigenvalue weighted by Crippen LogP contribution is 2.17. The van der Waals surface area contributed by atoms with Gasteiger partial charge in [0.25, 0.3) is 0 Å². The van der Waals surface area contributed by atoms with Crippen LogP contribution in [-0.4, -0.2) is 16.0 Å². The molecule has 0 aliphatic heterocycles.